The predicted molar refractivity (Wildman–Crippen MR) is 118 cm³/mol. The minimum atomic E-state index is -3.56. The van der Waals surface area contributed by atoms with Gasteiger partial charge in [-0.2, -0.15) is 0 Å². The first kappa shape index (κ1) is 21.7. The summed E-state index contributed by atoms with van der Waals surface area (Å²) < 4.78 is 48.9. The van der Waals surface area contributed by atoms with E-state index in [9.17, 15) is 12.8 Å². The van der Waals surface area contributed by atoms with Crippen LogP contribution >= 0.6 is 0 Å². The molecule has 0 unspecified atom stereocenters. The summed E-state index contributed by atoms with van der Waals surface area (Å²) >= 11 is 0. The van der Waals surface area contributed by atoms with Gasteiger partial charge in [0.15, 0.2) is 0 Å². The van der Waals surface area contributed by atoms with E-state index in [1.807, 2.05) is 6.92 Å². The smallest absolute Gasteiger partial charge is 0.240 e. The second kappa shape index (κ2) is 8.53. The third-order valence-corrected chi connectivity index (χ3v) is 6.86. The quantitative estimate of drug-likeness (QED) is 0.647. The highest BCUT2D eigenvalue weighted by Gasteiger charge is 2.24. The van der Waals surface area contributed by atoms with E-state index in [0.29, 0.717) is 19.6 Å². The molecule has 0 saturated heterocycles. The van der Waals surface area contributed by atoms with Gasteiger partial charge in [0.05, 0.1) is 29.8 Å². The Morgan fingerprint density at radius 3 is 2.39 bits per heavy atom. The second-order valence-electron chi connectivity index (χ2n) is 8.08. The fraction of sp³-hybridized carbons (Fsp3) is 0.348. The number of hydrogen-bond donors (Lipinski definition) is 1. The molecule has 31 heavy (non-hydrogen) atoms. The molecule has 0 radical (unpaired) electrons. The Morgan fingerprint density at radius 2 is 1.74 bits per heavy atom. The summed E-state index contributed by atoms with van der Waals surface area (Å²) in [6.45, 7) is 6.80. The van der Waals surface area contributed by atoms with Crippen LogP contribution in [0.1, 0.15) is 26.5 Å². The van der Waals surface area contributed by atoms with Crippen molar-refractivity contribution in [3.63, 3.8) is 0 Å². The van der Waals surface area contributed by atoms with Crippen molar-refractivity contribution in [2.75, 3.05) is 6.61 Å². The molecule has 1 atom stereocenters. The number of nitrogens with zero attached hydrogens (tertiary/aromatic N) is 2. The van der Waals surface area contributed by atoms with Gasteiger partial charge >= 0.3 is 0 Å². The van der Waals surface area contributed by atoms with Gasteiger partial charge in [0.25, 0.3) is 0 Å². The molecule has 1 aliphatic rings. The van der Waals surface area contributed by atoms with Gasteiger partial charge in [-0.15, -0.1) is 0 Å². The summed E-state index contributed by atoms with van der Waals surface area (Å²) in [4.78, 5) is 5.11. The Balaban J connectivity index is 1.78. The van der Waals surface area contributed by atoms with Crippen LogP contribution in [0.25, 0.3) is 22.6 Å². The highest BCUT2D eigenvalue weighted by molar-refractivity contribution is 7.89. The minimum Gasteiger partial charge on any atom is -0.376 e. The fourth-order valence-corrected chi connectivity index (χ4v) is 5.07. The number of halogens is 1. The highest BCUT2D eigenvalue weighted by Crippen LogP contribution is 2.32. The first-order valence-electron chi connectivity index (χ1n) is 10.3. The predicted octanol–water partition coefficient (Wildman–Crippen LogP) is 4.00. The number of imidazole rings is 1. The normalized spacial score (nSPS) is 16.9. The van der Waals surface area contributed by atoms with Gasteiger partial charge in [-0.05, 0) is 57.2 Å². The summed E-state index contributed by atoms with van der Waals surface area (Å²) in [6.07, 6.45) is 0.708. The van der Waals surface area contributed by atoms with Gasteiger partial charge in [0, 0.05) is 29.3 Å². The van der Waals surface area contributed by atoms with E-state index in [4.69, 9.17) is 9.72 Å². The fourth-order valence-electron chi connectivity index (χ4n) is 3.82. The van der Waals surface area contributed by atoms with Gasteiger partial charge in [0.1, 0.15) is 11.6 Å². The molecule has 8 heteroatoms. The van der Waals surface area contributed by atoms with E-state index in [1.54, 1.807) is 50.2 Å². The largest absolute Gasteiger partial charge is 0.376 e. The zero-order chi connectivity index (χ0) is 22.2. The molecule has 0 amide bonds. The summed E-state index contributed by atoms with van der Waals surface area (Å²) in [6, 6.07) is 12.9. The van der Waals surface area contributed by atoms with Crippen molar-refractivity contribution in [1.82, 2.24) is 14.3 Å². The summed E-state index contributed by atoms with van der Waals surface area (Å²) in [7, 11) is -3.56. The van der Waals surface area contributed by atoms with Gasteiger partial charge in [-0.1, -0.05) is 12.1 Å². The maximum atomic E-state index is 13.5. The molecule has 164 valence electrons. The van der Waals surface area contributed by atoms with Crippen LogP contribution in [0.2, 0.25) is 0 Å². The number of hydrogen-bond acceptors (Lipinski definition) is 4. The number of fused-ring (bicyclic) bond motifs is 1. The number of benzene rings is 2. The topological polar surface area (TPSA) is 73.2 Å². The molecule has 1 N–H and O–H groups in total. The van der Waals surface area contributed by atoms with Gasteiger partial charge in [-0.3, -0.25) is 0 Å². The lowest BCUT2D eigenvalue weighted by molar-refractivity contribution is 0.0666. The second-order valence-corrected chi connectivity index (χ2v) is 9.79. The lowest BCUT2D eigenvalue weighted by Crippen LogP contribution is -2.30. The van der Waals surface area contributed by atoms with Crippen LogP contribution in [-0.2, 0) is 27.7 Å². The van der Waals surface area contributed by atoms with Crippen molar-refractivity contribution in [2.45, 2.75) is 50.8 Å². The number of nitrogens with one attached hydrogen (secondary N) is 1. The Hall–Kier alpha value is -2.55. The van der Waals surface area contributed by atoms with E-state index in [0.717, 1.165) is 28.3 Å². The number of rotatable bonds is 5. The zero-order valence-electron chi connectivity index (χ0n) is 17.8. The van der Waals surface area contributed by atoms with Crippen LogP contribution in [0.5, 0.6) is 0 Å². The lowest BCUT2D eigenvalue weighted by Gasteiger charge is -2.12. The number of ether oxygens (including phenoxy) is 1. The Kier molecular flexibility index (Phi) is 5.96. The standard InChI is InChI=1S/C23H26FN3O3S/c1-15(2)26-31(28,29)20-10-6-17(7-11-20)22-21-12-13-30-16(3)14-27(21)23(25-22)18-4-8-19(24)9-5-18/h4-11,15-16,26H,12-14H2,1-3H3/t16-/m1/s1. The van der Waals surface area contributed by atoms with Crippen LogP contribution < -0.4 is 4.72 Å². The Morgan fingerprint density at radius 1 is 1.10 bits per heavy atom. The monoisotopic (exact) mass is 443 g/mol. The first-order chi connectivity index (χ1) is 14.7. The molecule has 6 nitrogen and oxygen atoms in total. The van der Waals surface area contributed by atoms with Crippen molar-refractivity contribution < 1.29 is 17.5 Å². The third kappa shape index (κ3) is 4.56. The van der Waals surface area contributed by atoms with Crippen molar-refractivity contribution in [3.8, 4) is 22.6 Å². The average Bonchev–Trinajstić information content (AvgIpc) is 2.94. The third-order valence-electron chi connectivity index (χ3n) is 5.18. The maximum Gasteiger partial charge on any atom is 0.240 e. The van der Waals surface area contributed by atoms with Crippen LogP contribution in [0.3, 0.4) is 0 Å². The maximum absolute atomic E-state index is 13.5. The molecule has 0 fully saturated rings. The minimum absolute atomic E-state index is 0.0251. The average molecular weight is 444 g/mol. The molecule has 3 aromatic rings. The van der Waals surface area contributed by atoms with E-state index in [1.165, 1.54) is 12.1 Å². The molecule has 1 aromatic heterocycles. The SMILES string of the molecule is CC(C)NS(=O)(=O)c1ccc(-c2nc(-c3ccc(F)cc3)n3c2CCO[C@H](C)C3)cc1. The molecular weight excluding hydrogens is 417 g/mol. The van der Waals surface area contributed by atoms with E-state index >= 15 is 0 Å². The molecule has 0 aliphatic carbocycles. The molecule has 2 aromatic carbocycles. The highest BCUT2D eigenvalue weighted by atomic mass is 32.2. The number of sulfonamides is 1. The molecule has 0 saturated carbocycles. The summed E-state index contributed by atoms with van der Waals surface area (Å²) in [5.41, 5.74) is 3.47. The van der Waals surface area contributed by atoms with Crippen LogP contribution in [0.4, 0.5) is 4.39 Å². The molecular formula is C23H26FN3O3S. The van der Waals surface area contributed by atoms with Crippen LogP contribution in [0, 0.1) is 5.82 Å². The van der Waals surface area contributed by atoms with Crippen molar-refractivity contribution in [3.05, 3.63) is 60.0 Å². The molecule has 4 rings (SSSR count). The van der Waals surface area contributed by atoms with Crippen molar-refractivity contribution in [1.29, 1.82) is 0 Å². The molecule has 1 aliphatic heterocycles. The van der Waals surface area contributed by atoms with E-state index in [2.05, 4.69) is 9.29 Å². The van der Waals surface area contributed by atoms with Crippen LogP contribution in [0.15, 0.2) is 53.4 Å². The number of aromatic nitrogens is 2. The molecule has 0 spiro atoms. The van der Waals surface area contributed by atoms with Crippen molar-refractivity contribution >= 4 is 10.0 Å². The Bertz CT molecular complexity index is 1170. The van der Waals surface area contributed by atoms with E-state index in [-0.39, 0.29) is 22.9 Å². The molecule has 0 bridgehead atoms. The molecule has 2 heterocycles. The van der Waals surface area contributed by atoms with Gasteiger partial charge in [-0.25, -0.2) is 22.5 Å². The summed E-state index contributed by atoms with van der Waals surface area (Å²) in [5, 5.41) is 0. The van der Waals surface area contributed by atoms with Crippen molar-refractivity contribution in [2.24, 2.45) is 0 Å². The van der Waals surface area contributed by atoms with Gasteiger partial charge < -0.3 is 9.30 Å². The van der Waals surface area contributed by atoms with E-state index < -0.39 is 10.0 Å². The lowest BCUT2D eigenvalue weighted by atomic mass is 10.1. The zero-order valence-corrected chi connectivity index (χ0v) is 18.6. The van der Waals surface area contributed by atoms with Gasteiger partial charge in [0.2, 0.25) is 10.0 Å². The van der Waals surface area contributed by atoms with Crippen LogP contribution in [-0.4, -0.2) is 36.7 Å². The first-order valence-corrected chi connectivity index (χ1v) is 11.8. The Labute approximate surface area is 182 Å². The summed E-state index contributed by atoms with van der Waals surface area (Å²) in [5.74, 6) is 0.454.